The summed E-state index contributed by atoms with van der Waals surface area (Å²) in [7, 11) is 0. The van der Waals surface area contributed by atoms with E-state index in [1.165, 1.54) is 0 Å². The fourth-order valence-electron chi connectivity index (χ4n) is 3.34. The van der Waals surface area contributed by atoms with Crippen molar-refractivity contribution in [2.75, 3.05) is 23.8 Å². The summed E-state index contributed by atoms with van der Waals surface area (Å²) < 4.78 is 1.06. The van der Waals surface area contributed by atoms with Crippen LogP contribution in [-0.4, -0.2) is 43.4 Å². The molecule has 5 aromatic rings. The minimum Gasteiger partial charge on any atom is -0.396 e. The summed E-state index contributed by atoms with van der Waals surface area (Å²) >= 11 is 1.59. The van der Waals surface area contributed by atoms with Gasteiger partial charge in [0.2, 0.25) is 5.95 Å². The minimum atomic E-state index is 0.134. The van der Waals surface area contributed by atoms with Crippen molar-refractivity contribution in [3.8, 4) is 10.7 Å². The first-order chi connectivity index (χ1) is 15.2. The highest BCUT2D eigenvalue weighted by Crippen LogP contribution is 2.32. The summed E-state index contributed by atoms with van der Waals surface area (Å²) in [6, 6.07) is 14.0. The Balaban J connectivity index is 1.47. The summed E-state index contributed by atoms with van der Waals surface area (Å²) in [5, 5.41) is 24.6. The fourth-order valence-corrected chi connectivity index (χ4v) is 4.31. The molecule has 5 rings (SSSR count). The lowest BCUT2D eigenvalue weighted by Crippen LogP contribution is -2.08. The molecule has 0 atom stereocenters. The molecule has 3 heterocycles. The fraction of sp³-hybridized carbons (Fsp3) is 0.182. The Kier molecular flexibility index (Phi) is 5.19. The second kappa shape index (κ2) is 8.29. The normalized spacial score (nSPS) is 11.3. The largest absolute Gasteiger partial charge is 0.396 e. The van der Waals surface area contributed by atoms with Gasteiger partial charge in [-0.25, -0.2) is 9.97 Å². The van der Waals surface area contributed by atoms with E-state index in [0.29, 0.717) is 18.9 Å². The smallest absolute Gasteiger partial charge is 0.229 e. The number of aliphatic hydroxyl groups is 1. The maximum Gasteiger partial charge on any atom is 0.229 e. The zero-order valence-electron chi connectivity index (χ0n) is 16.9. The van der Waals surface area contributed by atoms with Gasteiger partial charge in [-0.1, -0.05) is 11.6 Å². The van der Waals surface area contributed by atoms with Gasteiger partial charge in [0.25, 0.3) is 0 Å². The average molecular weight is 432 g/mol. The number of hydrogen-bond acceptors (Lipinski definition) is 8. The summed E-state index contributed by atoms with van der Waals surface area (Å²) in [4.78, 5) is 14.0. The molecule has 0 aliphatic rings. The molecule has 0 aliphatic heterocycles. The van der Waals surface area contributed by atoms with Crippen LogP contribution in [0.4, 0.5) is 17.5 Å². The third-order valence-electron chi connectivity index (χ3n) is 4.84. The van der Waals surface area contributed by atoms with Gasteiger partial charge in [0.1, 0.15) is 16.5 Å². The van der Waals surface area contributed by atoms with Crippen LogP contribution in [-0.2, 0) is 0 Å². The molecule has 9 heteroatoms. The Morgan fingerprint density at radius 3 is 2.77 bits per heavy atom. The van der Waals surface area contributed by atoms with Gasteiger partial charge in [-0.15, -0.1) is 11.3 Å². The quantitative estimate of drug-likeness (QED) is 0.281. The number of aromatic amines is 1. The van der Waals surface area contributed by atoms with Gasteiger partial charge in [0.15, 0.2) is 0 Å². The van der Waals surface area contributed by atoms with Gasteiger partial charge in [-0.3, -0.25) is 5.10 Å². The second-order valence-electron chi connectivity index (χ2n) is 7.21. The highest BCUT2D eigenvalue weighted by molar-refractivity contribution is 7.21. The lowest BCUT2D eigenvalue weighted by molar-refractivity contribution is 0.292. The summed E-state index contributed by atoms with van der Waals surface area (Å²) in [6.45, 7) is 2.82. The molecule has 0 spiro atoms. The van der Waals surface area contributed by atoms with Gasteiger partial charge >= 0.3 is 0 Å². The zero-order chi connectivity index (χ0) is 21.2. The van der Waals surface area contributed by atoms with Crippen LogP contribution in [0, 0.1) is 6.92 Å². The van der Waals surface area contributed by atoms with Crippen molar-refractivity contribution in [1.29, 1.82) is 0 Å². The molecular formula is C22H21N7OS. The van der Waals surface area contributed by atoms with Crippen molar-refractivity contribution < 1.29 is 5.11 Å². The van der Waals surface area contributed by atoms with E-state index in [0.717, 1.165) is 48.9 Å². The van der Waals surface area contributed by atoms with Crippen LogP contribution >= 0.6 is 11.3 Å². The first kappa shape index (κ1) is 19.4. The molecule has 156 valence electrons. The molecule has 3 aromatic heterocycles. The topological polar surface area (TPSA) is 112 Å². The number of nitrogens with zero attached hydrogens (tertiary/aromatic N) is 4. The predicted molar refractivity (Wildman–Crippen MR) is 125 cm³/mol. The molecule has 4 N–H and O–H groups in total. The molecule has 0 saturated heterocycles. The van der Waals surface area contributed by atoms with Gasteiger partial charge in [-0.2, -0.15) is 10.1 Å². The van der Waals surface area contributed by atoms with E-state index in [4.69, 9.17) is 10.1 Å². The maximum absolute atomic E-state index is 9.10. The number of aliphatic hydroxyl groups excluding tert-OH is 1. The third kappa shape index (κ3) is 4.05. The first-order valence-corrected chi connectivity index (χ1v) is 10.8. The number of nitrogens with one attached hydrogen (secondary N) is 3. The Labute approximate surface area is 182 Å². The van der Waals surface area contributed by atoms with Crippen molar-refractivity contribution in [3.63, 3.8) is 0 Å². The van der Waals surface area contributed by atoms with Gasteiger partial charge in [0.05, 0.1) is 15.7 Å². The van der Waals surface area contributed by atoms with E-state index < -0.39 is 0 Å². The Morgan fingerprint density at radius 1 is 1.03 bits per heavy atom. The molecule has 31 heavy (non-hydrogen) atoms. The first-order valence-electron chi connectivity index (χ1n) is 10.0. The Bertz CT molecular complexity index is 1350. The van der Waals surface area contributed by atoms with Crippen molar-refractivity contribution in [2.45, 2.75) is 13.3 Å². The number of thiazole rings is 1. The Morgan fingerprint density at radius 2 is 1.94 bits per heavy atom. The number of rotatable bonds is 7. The lowest BCUT2D eigenvalue weighted by Gasteiger charge is -2.12. The third-order valence-corrected chi connectivity index (χ3v) is 5.88. The number of fused-ring (bicyclic) bond motifs is 2. The number of benzene rings is 2. The van der Waals surface area contributed by atoms with Crippen LogP contribution in [0.3, 0.4) is 0 Å². The second-order valence-corrected chi connectivity index (χ2v) is 8.24. The monoisotopic (exact) mass is 431 g/mol. The lowest BCUT2D eigenvalue weighted by atomic mass is 10.1. The Hall–Kier alpha value is -3.56. The number of aromatic nitrogens is 5. The van der Waals surface area contributed by atoms with Crippen molar-refractivity contribution in [1.82, 2.24) is 25.1 Å². The highest BCUT2D eigenvalue weighted by atomic mass is 32.1. The van der Waals surface area contributed by atoms with E-state index in [1.54, 1.807) is 17.5 Å². The van der Waals surface area contributed by atoms with Crippen LogP contribution in [0.1, 0.15) is 12.0 Å². The van der Waals surface area contributed by atoms with Gasteiger partial charge in [0, 0.05) is 30.4 Å². The standard InChI is InChI=1S/C22H21N7OS/c1-13-3-5-16-15(11-13)20(23-8-2-10-30)28-22(27-16)25-14-4-6-17-19(12-14)31-21(26-17)18-7-9-24-29-18/h3-7,9,11-12,30H,2,8,10H2,1H3,(H,24,29)(H2,23,25,27,28). The van der Waals surface area contributed by atoms with Crippen LogP contribution in [0.2, 0.25) is 0 Å². The van der Waals surface area contributed by atoms with E-state index in [-0.39, 0.29) is 6.61 Å². The summed E-state index contributed by atoms with van der Waals surface area (Å²) in [6.07, 6.45) is 2.44. The molecule has 0 radical (unpaired) electrons. The molecule has 0 aliphatic carbocycles. The van der Waals surface area contributed by atoms with E-state index in [2.05, 4.69) is 36.9 Å². The minimum absolute atomic E-state index is 0.134. The molecule has 0 unspecified atom stereocenters. The van der Waals surface area contributed by atoms with Crippen LogP contribution in [0.15, 0.2) is 48.7 Å². The van der Waals surface area contributed by atoms with E-state index in [1.807, 2.05) is 43.3 Å². The molecular weight excluding hydrogens is 410 g/mol. The molecule has 0 fully saturated rings. The van der Waals surface area contributed by atoms with Gasteiger partial charge < -0.3 is 15.7 Å². The van der Waals surface area contributed by atoms with Crippen LogP contribution in [0.5, 0.6) is 0 Å². The van der Waals surface area contributed by atoms with E-state index in [9.17, 15) is 0 Å². The molecule has 0 amide bonds. The maximum atomic E-state index is 9.10. The van der Waals surface area contributed by atoms with Crippen LogP contribution < -0.4 is 10.6 Å². The molecule has 8 nitrogen and oxygen atoms in total. The van der Waals surface area contributed by atoms with Crippen molar-refractivity contribution in [3.05, 3.63) is 54.2 Å². The van der Waals surface area contributed by atoms with E-state index >= 15 is 0 Å². The molecule has 2 aromatic carbocycles. The summed E-state index contributed by atoms with van der Waals surface area (Å²) in [5.41, 5.74) is 4.65. The molecule has 0 bridgehead atoms. The average Bonchev–Trinajstić information content (AvgIpc) is 3.44. The SMILES string of the molecule is Cc1ccc2nc(Nc3ccc4nc(-c5cc[nH]n5)sc4c3)nc(NCCCO)c2c1. The van der Waals surface area contributed by atoms with Crippen molar-refractivity contribution >= 4 is 49.9 Å². The summed E-state index contributed by atoms with van der Waals surface area (Å²) in [5.74, 6) is 1.27. The number of aryl methyl sites for hydroxylation is 1. The van der Waals surface area contributed by atoms with Crippen LogP contribution in [0.25, 0.3) is 31.8 Å². The number of hydrogen-bond donors (Lipinski definition) is 4. The number of H-pyrrole nitrogens is 1. The highest BCUT2D eigenvalue weighted by Gasteiger charge is 2.11. The van der Waals surface area contributed by atoms with Gasteiger partial charge in [-0.05, 0) is 49.7 Å². The predicted octanol–water partition coefficient (Wildman–Crippen LogP) is 4.48. The zero-order valence-corrected chi connectivity index (χ0v) is 17.7. The molecule has 0 saturated carbocycles. The van der Waals surface area contributed by atoms with Crippen molar-refractivity contribution in [2.24, 2.45) is 0 Å². The number of anilines is 3.